The van der Waals surface area contributed by atoms with E-state index in [1.165, 1.54) is 0 Å². The Labute approximate surface area is 213 Å². The van der Waals surface area contributed by atoms with Crippen LogP contribution >= 0.6 is 0 Å². The zero-order valence-corrected chi connectivity index (χ0v) is 23.5. The summed E-state index contributed by atoms with van der Waals surface area (Å²) in [5, 5.41) is 3.07. The molecule has 0 radical (unpaired) electrons. The molecule has 0 aromatic rings. The van der Waals surface area contributed by atoms with E-state index in [4.69, 9.17) is 11.2 Å². The third kappa shape index (κ3) is 8.10. The van der Waals surface area contributed by atoms with Crippen molar-refractivity contribution in [2.24, 2.45) is 11.3 Å². The summed E-state index contributed by atoms with van der Waals surface area (Å²) in [5.41, 5.74) is -0.627. The number of carbonyl (C=O) groups excluding carboxylic acids is 3. The molecule has 7 nitrogen and oxygen atoms in total. The summed E-state index contributed by atoms with van der Waals surface area (Å²) in [7, 11) is 1.72. The van der Waals surface area contributed by atoms with Gasteiger partial charge in [0.15, 0.2) is 0 Å². The van der Waals surface area contributed by atoms with Gasteiger partial charge in [0.05, 0.1) is 24.2 Å². The SMILES string of the molecule is C#CC(C)(C)N1CCCCC1C(=O)N[C@H](C(=O)N(C)[C@H](C=C(C)C(=O)OCC)C(C)C)C(C)(C)C. The van der Waals surface area contributed by atoms with Gasteiger partial charge in [0, 0.05) is 19.2 Å². The second-order valence-electron chi connectivity index (χ2n) is 11.5. The molecule has 1 unspecified atom stereocenters. The summed E-state index contributed by atoms with van der Waals surface area (Å²) in [6.45, 7) is 18.2. The Morgan fingerprint density at radius 2 is 1.80 bits per heavy atom. The zero-order chi connectivity index (χ0) is 27.1. The third-order valence-electron chi connectivity index (χ3n) is 6.77. The van der Waals surface area contributed by atoms with E-state index in [2.05, 4.69) is 16.1 Å². The number of likely N-dealkylation sites (tertiary alicyclic amines) is 1. The van der Waals surface area contributed by atoms with Gasteiger partial charge in [-0.25, -0.2) is 4.79 Å². The van der Waals surface area contributed by atoms with Gasteiger partial charge < -0.3 is 15.0 Å². The highest BCUT2D eigenvalue weighted by Crippen LogP contribution is 2.28. The van der Waals surface area contributed by atoms with Crippen LogP contribution in [-0.4, -0.2) is 71.4 Å². The average Bonchev–Trinajstić information content (AvgIpc) is 2.78. The second kappa shape index (κ2) is 12.6. The van der Waals surface area contributed by atoms with E-state index in [1.54, 1.807) is 31.9 Å². The van der Waals surface area contributed by atoms with Gasteiger partial charge in [-0.2, -0.15) is 0 Å². The molecule has 1 aliphatic rings. The van der Waals surface area contributed by atoms with E-state index in [-0.39, 0.29) is 36.4 Å². The third-order valence-corrected chi connectivity index (χ3v) is 6.77. The summed E-state index contributed by atoms with van der Waals surface area (Å²) in [6, 6.07) is -1.46. The molecule has 1 heterocycles. The van der Waals surface area contributed by atoms with Gasteiger partial charge >= 0.3 is 5.97 Å². The lowest BCUT2D eigenvalue weighted by Gasteiger charge is -2.44. The Morgan fingerprint density at radius 1 is 1.20 bits per heavy atom. The number of piperidine rings is 1. The lowest BCUT2D eigenvalue weighted by Crippen LogP contribution is -2.62. The molecule has 1 rings (SSSR count). The number of esters is 1. The van der Waals surface area contributed by atoms with Crippen LogP contribution < -0.4 is 5.32 Å². The highest BCUT2D eigenvalue weighted by atomic mass is 16.5. The van der Waals surface area contributed by atoms with Crippen molar-refractivity contribution >= 4 is 17.8 Å². The van der Waals surface area contributed by atoms with Crippen molar-refractivity contribution in [1.82, 2.24) is 15.1 Å². The van der Waals surface area contributed by atoms with Crippen molar-refractivity contribution in [2.75, 3.05) is 20.2 Å². The number of carbonyl (C=O) groups is 3. The van der Waals surface area contributed by atoms with Gasteiger partial charge in [0.1, 0.15) is 6.04 Å². The molecule has 0 bridgehead atoms. The summed E-state index contributed by atoms with van der Waals surface area (Å²) in [6.07, 6.45) is 10.2. The van der Waals surface area contributed by atoms with E-state index >= 15 is 0 Å². The minimum atomic E-state index is -0.740. The fourth-order valence-electron chi connectivity index (χ4n) is 4.51. The fourth-order valence-corrected chi connectivity index (χ4v) is 4.51. The standard InChI is InChI=1S/C28H47N3O4/c1-12-28(9,10)31-17-15-14-16-21(31)24(32)29-23(27(6,7)8)25(33)30(11)22(19(3)4)18-20(5)26(34)35-13-2/h1,18-19,21-23H,13-17H2,2-11H3,(H,29,32)/t21?,22-,23-/m1/s1. The van der Waals surface area contributed by atoms with Crippen molar-refractivity contribution in [1.29, 1.82) is 0 Å². The zero-order valence-electron chi connectivity index (χ0n) is 23.5. The van der Waals surface area contributed by atoms with Crippen molar-refractivity contribution in [3.8, 4) is 12.3 Å². The number of likely N-dealkylation sites (N-methyl/N-ethyl adjacent to an activating group) is 1. The van der Waals surface area contributed by atoms with Crippen LogP contribution in [0.3, 0.4) is 0 Å². The Bertz CT molecular complexity index is 832. The largest absolute Gasteiger partial charge is 0.463 e. The normalized spacial score (nSPS) is 19.5. The number of amides is 2. The highest BCUT2D eigenvalue weighted by molar-refractivity contribution is 5.91. The second-order valence-corrected chi connectivity index (χ2v) is 11.5. The van der Waals surface area contributed by atoms with Crippen molar-refractivity contribution in [3.63, 3.8) is 0 Å². The first-order valence-corrected chi connectivity index (χ1v) is 12.8. The quantitative estimate of drug-likeness (QED) is 0.303. The lowest BCUT2D eigenvalue weighted by atomic mass is 9.84. The first kappa shape index (κ1) is 30.7. The van der Waals surface area contributed by atoms with Gasteiger partial charge in [-0.05, 0) is 51.9 Å². The molecule has 1 N–H and O–H groups in total. The van der Waals surface area contributed by atoms with Crippen molar-refractivity contribution in [2.45, 2.75) is 105 Å². The van der Waals surface area contributed by atoms with Crippen LogP contribution in [0.5, 0.6) is 0 Å². The Balaban J connectivity index is 3.23. The maximum atomic E-state index is 13.8. The number of ether oxygens (including phenoxy) is 1. The number of hydrogen-bond donors (Lipinski definition) is 1. The molecule has 0 spiro atoms. The number of nitrogens with zero attached hydrogens (tertiary/aromatic N) is 2. The predicted octanol–water partition coefficient (Wildman–Crippen LogP) is 3.78. The molecule has 2 amide bonds. The van der Waals surface area contributed by atoms with E-state index in [1.807, 2.05) is 48.5 Å². The average molecular weight is 490 g/mol. The van der Waals surface area contributed by atoms with Gasteiger partial charge in [-0.15, -0.1) is 6.42 Å². The van der Waals surface area contributed by atoms with E-state index in [0.29, 0.717) is 12.0 Å². The van der Waals surface area contributed by atoms with Gasteiger partial charge in [-0.3, -0.25) is 14.5 Å². The molecule has 0 aromatic carbocycles. The van der Waals surface area contributed by atoms with Gasteiger partial charge in [0.25, 0.3) is 0 Å². The predicted molar refractivity (Wildman–Crippen MR) is 140 cm³/mol. The summed E-state index contributed by atoms with van der Waals surface area (Å²) >= 11 is 0. The van der Waals surface area contributed by atoms with Crippen LogP contribution in [0.15, 0.2) is 11.6 Å². The van der Waals surface area contributed by atoms with Gasteiger partial charge in [0.2, 0.25) is 11.8 Å². The number of rotatable bonds is 9. The Kier molecular flexibility index (Phi) is 11.0. The summed E-state index contributed by atoms with van der Waals surface area (Å²) in [4.78, 5) is 43.2. The number of nitrogens with one attached hydrogen (secondary N) is 1. The maximum absolute atomic E-state index is 13.8. The molecule has 7 heteroatoms. The molecule has 1 fully saturated rings. The molecule has 1 aliphatic heterocycles. The highest BCUT2D eigenvalue weighted by Gasteiger charge is 2.41. The monoisotopic (exact) mass is 489 g/mol. The van der Waals surface area contributed by atoms with Crippen molar-refractivity contribution in [3.05, 3.63) is 11.6 Å². The van der Waals surface area contributed by atoms with E-state index in [9.17, 15) is 14.4 Å². The Morgan fingerprint density at radius 3 is 2.29 bits per heavy atom. The summed E-state index contributed by atoms with van der Waals surface area (Å²) in [5.74, 6) is 2.10. The Hall–Kier alpha value is -2.33. The topological polar surface area (TPSA) is 79.0 Å². The number of hydrogen-bond acceptors (Lipinski definition) is 5. The minimum absolute atomic E-state index is 0.0508. The fraction of sp³-hybridized carbons (Fsp3) is 0.750. The maximum Gasteiger partial charge on any atom is 0.333 e. The van der Waals surface area contributed by atoms with Crippen molar-refractivity contribution < 1.29 is 19.1 Å². The first-order valence-electron chi connectivity index (χ1n) is 12.8. The van der Waals surface area contributed by atoms with Crippen LogP contribution in [0.4, 0.5) is 0 Å². The van der Waals surface area contributed by atoms with Crippen LogP contribution in [0, 0.1) is 23.7 Å². The minimum Gasteiger partial charge on any atom is -0.463 e. The molecule has 1 saturated heterocycles. The first-order chi connectivity index (χ1) is 16.1. The molecule has 0 aromatic heterocycles. The smallest absolute Gasteiger partial charge is 0.333 e. The molecule has 35 heavy (non-hydrogen) atoms. The molecular formula is C28H47N3O4. The van der Waals surface area contributed by atoms with E-state index in [0.717, 1.165) is 19.4 Å². The molecule has 0 saturated carbocycles. The molecule has 0 aliphatic carbocycles. The van der Waals surface area contributed by atoms with Crippen LogP contribution in [0.25, 0.3) is 0 Å². The van der Waals surface area contributed by atoms with Crippen LogP contribution in [0.2, 0.25) is 0 Å². The molecule has 3 atom stereocenters. The van der Waals surface area contributed by atoms with Gasteiger partial charge in [-0.1, -0.05) is 53.0 Å². The van der Waals surface area contributed by atoms with Crippen LogP contribution in [0.1, 0.15) is 81.6 Å². The summed E-state index contributed by atoms with van der Waals surface area (Å²) < 4.78 is 5.11. The molecule has 198 valence electrons. The lowest BCUT2D eigenvalue weighted by molar-refractivity contribution is -0.142. The van der Waals surface area contributed by atoms with E-state index < -0.39 is 23.0 Å². The molecular weight excluding hydrogens is 442 g/mol. The van der Waals surface area contributed by atoms with Crippen LogP contribution in [-0.2, 0) is 19.1 Å². The number of terminal acetylenes is 1.